The summed E-state index contributed by atoms with van der Waals surface area (Å²) in [5, 5.41) is 13.1. The number of H-pyrrole nitrogens is 1. The molecule has 11 heteroatoms. The Morgan fingerprint density at radius 1 is 1.15 bits per heavy atom. The van der Waals surface area contributed by atoms with E-state index in [1.165, 1.54) is 0 Å². The minimum absolute atomic E-state index is 0.393. The highest BCUT2D eigenvalue weighted by atomic mass is 79.9. The average Bonchev–Trinajstić information content (AvgIpc) is 3.21. The van der Waals surface area contributed by atoms with Gasteiger partial charge in [0.15, 0.2) is 5.82 Å². The van der Waals surface area contributed by atoms with Crippen molar-refractivity contribution in [1.82, 2.24) is 25.5 Å². The monoisotopic (exact) mass is 518 g/mol. The summed E-state index contributed by atoms with van der Waals surface area (Å²) < 4.78 is 17.4. The molecule has 0 aliphatic heterocycles. The first kappa shape index (κ1) is 24.3. The highest BCUT2D eigenvalue weighted by Gasteiger charge is 2.17. The molecule has 2 aromatic heterocycles. The van der Waals surface area contributed by atoms with Crippen LogP contribution in [0.25, 0.3) is 11.3 Å². The van der Waals surface area contributed by atoms with Crippen molar-refractivity contribution in [2.24, 2.45) is 0 Å². The van der Waals surface area contributed by atoms with Gasteiger partial charge in [0.05, 0.1) is 37.4 Å². The summed E-state index contributed by atoms with van der Waals surface area (Å²) in [6.45, 7) is 6.29. The molecule has 0 fully saturated rings. The van der Waals surface area contributed by atoms with E-state index in [0.717, 1.165) is 5.56 Å². The number of hydrogen-bond donors (Lipinski definition) is 3. The van der Waals surface area contributed by atoms with Gasteiger partial charge in [-0.05, 0) is 55.3 Å². The van der Waals surface area contributed by atoms with Crippen LogP contribution in [0.1, 0.15) is 27.2 Å². The van der Waals surface area contributed by atoms with Crippen molar-refractivity contribution < 1.29 is 19.0 Å². The average molecular weight is 519 g/mol. The molecule has 0 unspecified atom stereocenters. The first-order valence-corrected chi connectivity index (χ1v) is 11.1. The van der Waals surface area contributed by atoms with Crippen LogP contribution in [0, 0.1) is 0 Å². The molecular formula is C22H27BrN6O4. The highest BCUT2D eigenvalue weighted by molar-refractivity contribution is 9.10. The Kier molecular flexibility index (Phi) is 8.10. The summed E-state index contributed by atoms with van der Waals surface area (Å²) in [6, 6.07) is 7.38. The molecule has 10 nitrogen and oxygen atoms in total. The molecule has 3 N–H and O–H groups in total. The molecule has 0 atom stereocenters. The van der Waals surface area contributed by atoms with Crippen molar-refractivity contribution in [3.8, 4) is 22.8 Å². The number of carbonyl (C=O) groups excluding carboxylic acids is 1. The van der Waals surface area contributed by atoms with E-state index in [1.807, 2.05) is 45.0 Å². The lowest BCUT2D eigenvalue weighted by atomic mass is 10.1. The first-order chi connectivity index (χ1) is 15.7. The SMILES string of the molecule is COc1cccc(OCCCNC(=O)OC(C)(C)C)c1-c1cc(Nc2cnc(Br)cn2)n[nH]1. The van der Waals surface area contributed by atoms with Gasteiger partial charge in [-0.1, -0.05) is 6.07 Å². The molecule has 2 heterocycles. The summed E-state index contributed by atoms with van der Waals surface area (Å²) in [4.78, 5) is 20.1. The van der Waals surface area contributed by atoms with E-state index in [2.05, 4.69) is 46.7 Å². The number of aromatic amines is 1. The first-order valence-electron chi connectivity index (χ1n) is 10.3. The van der Waals surface area contributed by atoms with Crippen LogP contribution in [0.15, 0.2) is 41.3 Å². The number of hydrogen-bond acceptors (Lipinski definition) is 8. The van der Waals surface area contributed by atoms with E-state index in [4.69, 9.17) is 14.2 Å². The van der Waals surface area contributed by atoms with Gasteiger partial charge in [-0.2, -0.15) is 5.10 Å². The normalized spacial score (nSPS) is 11.1. The Hall–Kier alpha value is -3.34. The molecule has 0 spiro atoms. The predicted octanol–water partition coefficient (Wildman–Crippen LogP) is 4.68. The molecule has 33 heavy (non-hydrogen) atoms. The molecular weight excluding hydrogens is 492 g/mol. The van der Waals surface area contributed by atoms with Crippen LogP contribution in [0.5, 0.6) is 11.5 Å². The van der Waals surface area contributed by atoms with Crippen LogP contribution < -0.4 is 20.1 Å². The van der Waals surface area contributed by atoms with Gasteiger partial charge < -0.3 is 24.8 Å². The molecule has 1 amide bonds. The predicted molar refractivity (Wildman–Crippen MR) is 128 cm³/mol. The van der Waals surface area contributed by atoms with Crippen LogP contribution in [-0.2, 0) is 4.74 Å². The quantitative estimate of drug-likeness (QED) is 0.349. The van der Waals surface area contributed by atoms with Crippen molar-refractivity contribution in [2.45, 2.75) is 32.8 Å². The minimum atomic E-state index is -0.530. The summed E-state index contributed by atoms with van der Waals surface area (Å²) in [6.07, 6.45) is 3.35. The zero-order chi connectivity index (χ0) is 23.8. The van der Waals surface area contributed by atoms with Gasteiger partial charge in [0, 0.05) is 12.6 Å². The Labute approximate surface area is 200 Å². The number of ether oxygens (including phenoxy) is 3. The Morgan fingerprint density at radius 3 is 2.64 bits per heavy atom. The number of carbonyl (C=O) groups is 1. The van der Waals surface area contributed by atoms with Crippen molar-refractivity contribution in [2.75, 3.05) is 25.6 Å². The fraction of sp³-hybridized carbons (Fsp3) is 0.364. The maximum absolute atomic E-state index is 11.7. The second-order valence-electron chi connectivity index (χ2n) is 7.98. The molecule has 3 aromatic rings. The van der Waals surface area contributed by atoms with Crippen molar-refractivity contribution in [3.63, 3.8) is 0 Å². The second-order valence-corrected chi connectivity index (χ2v) is 8.79. The molecule has 0 bridgehead atoms. The van der Waals surface area contributed by atoms with Crippen LogP contribution in [0.4, 0.5) is 16.4 Å². The lowest BCUT2D eigenvalue weighted by Crippen LogP contribution is -2.33. The second kappa shape index (κ2) is 11.0. The number of rotatable bonds is 9. The molecule has 0 saturated carbocycles. The summed E-state index contributed by atoms with van der Waals surface area (Å²) in [7, 11) is 1.60. The molecule has 3 rings (SSSR count). The topological polar surface area (TPSA) is 123 Å². The van der Waals surface area contributed by atoms with Crippen LogP contribution in [0.3, 0.4) is 0 Å². The maximum Gasteiger partial charge on any atom is 0.407 e. The maximum atomic E-state index is 11.7. The third-order valence-electron chi connectivity index (χ3n) is 4.18. The molecule has 0 aliphatic rings. The van der Waals surface area contributed by atoms with Crippen LogP contribution in [0.2, 0.25) is 0 Å². The van der Waals surface area contributed by atoms with E-state index in [1.54, 1.807) is 19.5 Å². The van der Waals surface area contributed by atoms with E-state index >= 15 is 0 Å². The molecule has 1 aromatic carbocycles. The summed E-state index contributed by atoms with van der Waals surface area (Å²) >= 11 is 3.26. The third kappa shape index (κ3) is 7.35. The fourth-order valence-corrected chi connectivity index (χ4v) is 3.05. The largest absolute Gasteiger partial charge is 0.496 e. The third-order valence-corrected chi connectivity index (χ3v) is 4.59. The lowest BCUT2D eigenvalue weighted by molar-refractivity contribution is 0.0525. The molecule has 0 aliphatic carbocycles. The number of aromatic nitrogens is 4. The number of alkyl carbamates (subject to hydrolysis) is 1. The van der Waals surface area contributed by atoms with Crippen molar-refractivity contribution in [3.05, 3.63) is 41.3 Å². The van der Waals surface area contributed by atoms with Gasteiger partial charge in [-0.3, -0.25) is 5.10 Å². The number of amides is 1. The van der Waals surface area contributed by atoms with Crippen LogP contribution >= 0.6 is 15.9 Å². The summed E-state index contributed by atoms with van der Waals surface area (Å²) in [5.41, 5.74) is 0.919. The zero-order valence-electron chi connectivity index (χ0n) is 18.9. The Bertz CT molecular complexity index is 1070. The van der Waals surface area contributed by atoms with E-state index in [9.17, 15) is 4.79 Å². The van der Waals surface area contributed by atoms with Crippen molar-refractivity contribution >= 4 is 33.7 Å². The molecule has 0 saturated heterocycles. The number of nitrogens with zero attached hydrogens (tertiary/aromatic N) is 3. The number of anilines is 2. The molecule has 0 radical (unpaired) electrons. The minimum Gasteiger partial charge on any atom is -0.496 e. The van der Waals surface area contributed by atoms with Crippen LogP contribution in [-0.4, -0.2) is 52.1 Å². The standard InChI is InChI=1S/C22H27BrN6O4/c1-22(2,3)33-21(30)24-9-6-10-32-16-8-5-7-15(31-4)20(16)14-11-18(29-28-14)27-19-13-25-17(23)12-26-19/h5,7-8,11-13H,6,9-10H2,1-4H3,(H,24,30)(H2,26,27,28,29). The number of methoxy groups -OCH3 is 1. The number of benzene rings is 1. The summed E-state index contributed by atoms with van der Waals surface area (Å²) in [5.74, 6) is 2.40. The van der Waals surface area contributed by atoms with E-state index in [-0.39, 0.29) is 0 Å². The molecule has 176 valence electrons. The number of nitrogens with one attached hydrogen (secondary N) is 3. The van der Waals surface area contributed by atoms with Gasteiger partial charge in [0.25, 0.3) is 0 Å². The van der Waals surface area contributed by atoms with Gasteiger partial charge in [-0.15, -0.1) is 0 Å². The van der Waals surface area contributed by atoms with Crippen molar-refractivity contribution in [1.29, 1.82) is 0 Å². The van der Waals surface area contributed by atoms with Gasteiger partial charge in [0.2, 0.25) is 0 Å². The lowest BCUT2D eigenvalue weighted by Gasteiger charge is -2.19. The van der Waals surface area contributed by atoms with E-state index in [0.29, 0.717) is 53.0 Å². The van der Waals surface area contributed by atoms with Gasteiger partial charge >= 0.3 is 6.09 Å². The van der Waals surface area contributed by atoms with E-state index < -0.39 is 11.7 Å². The Balaban J connectivity index is 1.64. The zero-order valence-corrected chi connectivity index (χ0v) is 20.5. The van der Waals surface area contributed by atoms with Gasteiger partial charge in [0.1, 0.15) is 27.5 Å². The highest BCUT2D eigenvalue weighted by Crippen LogP contribution is 2.38. The Morgan fingerprint density at radius 2 is 1.94 bits per heavy atom. The number of halogens is 1. The van der Waals surface area contributed by atoms with Gasteiger partial charge in [-0.25, -0.2) is 14.8 Å². The fourth-order valence-electron chi connectivity index (χ4n) is 2.85. The smallest absolute Gasteiger partial charge is 0.407 e.